The zero-order chi connectivity index (χ0) is 22.8. The molecule has 168 valence electrons. The molecule has 0 radical (unpaired) electrons. The first-order valence-corrected chi connectivity index (χ1v) is 9.42. The number of aryl methyl sites for hydroxylation is 1. The fraction of sp³-hybridized carbons (Fsp3) is 0.400. The molecular formula is C20H25F3N6O2. The van der Waals surface area contributed by atoms with Crippen LogP contribution in [0.15, 0.2) is 47.0 Å². The number of ether oxygens (including phenoxy) is 2. The summed E-state index contributed by atoms with van der Waals surface area (Å²) in [7, 11) is 3.10. The van der Waals surface area contributed by atoms with Gasteiger partial charge in [0, 0.05) is 30.1 Å². The number of halogens is 3. The molecule has 0 spiro atoms. The van der Waals surface area contributed by atoms with Gasteiger partial charge in [0.05, 0.1) is 31.4 Å². The fourth-order valence-electron chi connectivity index (χ4n) is 3.26. The van der Waals surface area contributed by atoms with Crippen LogP contribution >= 0.6 is 0 Å². The Bertz CT molecular complexity index is 1010. The van der Waals surface area contributed by atoms with Gasteiger partial charge in [-0.1, -0.05) is 6.07 Å². The first kappa shape index (κ1) is 22.6. The van der Waals surface area contributed by atoms with Crippen LogP contribution in [0, 0.1) is 6.92 Å². The summed E-state index contributed by atoms with van der Waals surface area (Å²) in [5.41, 5.74) is 9.80. The van der Waals surface area contributed by atoms with Gasteiger partial charge in [-0.15, -0.1) is 0 Å². The molecular weight excluding hydrogens is 413 g/mol. The normalized spacial score (nSPS) is 20.6. The van der Waals surface area contributed by atoms with E-state index in [2.05, 4.69) is 20.6 Å². The minimum Gasteiger partial charge on any atom is -0.495 e. The van der Waals surface area contributed by atoms with Crippen molar-refractivity contribution in [3.8, 4) is 11.4 Å². The zero-order valence-corrected chi connectivity index (χ0v) is 17.7. The molecule has 0 amide bonds. The Morgan fingerprint density at radius 1 is 1.26 bits per heavy atom. The molecule has 2 heterocycles. The van der Waals surface area contributed by atoms with Crippen molar-refractivity contribution >= 4 is 5.84 Å². The predicted molar refractivity (Wildman–Crippen MR) is 110 cm³/mol. The lowest BCUT2D eigenvalue weighted by Gasteiger charge is -2.40. The third kappa shape index (κ3) is 5.00. The Hall–Kier alpha value is -3.05. The molecule has 1 atom stereocenters. The number of hydrogen-bond donors (Lipinski definition) is 3. The highest BCUT2D eigenvalue weighted by Gasteiger charge is 2.36. The molecule has 0 saturated carbocycles. The molecule has 31 heavy (non-hydrogen) atoms. The van der Waals surface area contributed by atoms with E-state index in [1.165, 1.54) is 7.11 Å². The number of amidine groups is 1. The Morgan fingerprint density at radius 2 is 2.00 bits per heavy atom. The SMILES string of the molecule is CN=C1NC(N)(c2ccc(-n3cnc(C)c3)c(OC)c2)NC(COCC(F)(F)F)=C1C. The second-order valence-corrected chi connectivity index (χ2v) is 7.15. The fourth-order valence-corrected chi connectivity index (χ4v) is 3.26. The van der Waals surface area contributed by atoms with Crippen LogP contribution in [0.5, 0.6) is 5.75 Å². The molecule has 0 fully saturated rings. The van der Waals surface area contributed by atoms with Gasteiger partial charge in [0.2, 0.25) is 0 Å². The van der Waals surface area contributed by atoms with Crippen molar-refractivity contribution in [2.75, 3.05) is 27.4 Å². The minimum atomic E-state index is -4.42. The number of nitrogens with two attached hydrogens (primary N) is 1. The van der Waals surface area contributed by atoms with Crippen molar-refractivity contribution in [2.45, 2.75) is 25.8 Å². The lowest BCUT2D eigenvalue weighted by molar-refractivity contribution is -0.172. The van der Waals surface area contributed by atoms with Crippen LogP contribution in [0.25, 0.3) is 5.69 Å². The molecule has 3 rings (SSSR count). The molecule has 11 heteroatoms. The van der Waals surface area contributed by atoms with E-state index in [0.717, 1.165) is 11.4 Å². The van der Waals surface area contributed by atoms with E-state index in [0.29, 0.717) is 28.4 Å². The maximum Gasteiger partial charge on any atom is 0.411 e. The van der Waals surface area contributed by atoms with Gasteiger partial charge in [-0.3, -0.25) is 10.7 Å². The van der Waals surface area contributed by atoms with Crippen LogP contribution in [0.4, 0.5) is 13.2 Å². The van der Waals surface area contributed by atoms with Crippen LogP contribution in [0.1, 0.15) is 18.2 Å². The van der Waals surface area contributed by atoms with E-state index in [9.17, 15) is 13.2 Å². The molecule has 2 aromatic rings. The molecule has 0 saturated heterocycles. The molecule has 1 unspecified atom stereocenters. The van der Waals surface area contributed by atoms with Crippen molar-refractivity contribution in [3.05, 3.63) is 53.3 Å². The smallest absolute Gasteiger partial charge is 0.411 e. The number of methoxy groups -OCH3 is 1. The first-order chi connectivity index (χ1) is 14.6. The molecule has 0 aliphatic carbocycles. The van der Waals surface area contributed by atoms with Crippen molar-refractivity contribution in [3.63, 3.8) is 0 Å². The zero-order valence-electron chi connectivity index (χ0n) is 17.7. The number of aliphatic imine (C=N–C) groups is 1. The molecule has 0 bridgehead atoms. The van der Waals surface area contributed by atoms with Gasteiger partial charge >= 0.3 is 6.18 Å². The van der Waals surface area contributed by atoms with Crippen LogP contribution in [-0.4, -0.2) is 48.9 Å². The Morgan fingerprint density at radius 3 is 2.58 bits per heavy atom. The van der Waals surface area contributed by atoms with Crippen molar-refractivity contribution in [2.24, 2.45) is 10.7 Å². The van der Waals surface area contributed by atoms with E-state index < -0.39 is 18.6 Å². The van der Waals surface area contributed by atoms with Gasteiger partial charge in [0.1, 0.15) is 18.2 Å². The summed E-state index contributed by atoms with van der Waals surface area (Å²) in [6.45, 7) is 1.94. The van der Waals surface area contributed by atoms with E-state index in [4.69, 9.17) is 15.2 Å². The second kappa shape index (κ2) is 8.60. The first-order valence-electron chi connectivity index (χ1n) is 9.42. The summed E-state index contributed by atoms with van der Waals surface area (Å²) in [6.07, 6.45) is -0.888. The van der Waals surface area contributed by atoms with Crippen molar-refractivity contribution < 1.29 is 22.6 Å². The Balaban J connectivity index is 1.92. The lowest BCUT2D eigenvalue weighted by atomic mass is 10.0. The molecule has 8 nitrogen and oxygen atoms in total. The molecule has 4 N–H and O–H groups in total. The van der Waals surface area contributed by atoms with Crippen LogP contribution in [-0.2, 0) is 10.5 Å². The Kier molecular flexibility index (Phi) is 6.27. The maximum atomic E-state index is 12.5. The summed E-state index contributed by atoms with van der Waals surface area (Å²) >= 11 is 0. The maximum absolute atomic E-state index is 12.5. The summed E-state index contributed by atoms with van der Waals surface area (Å²) < 4.78 is 49.7. The standard InChI is InChI=1S/C20H25F3N6O2/c1-12-8-29(11-26-12)16-6-5-14(7-17(16)30-4)20(24)27-15(9-31-10-19(21,22)23)13(2)18(25-3)28-20/h5-8,11,27H,9-10,24H2,1-4H3,(H,25,28). The molecule has 1 aliphatic rings. The average molecular weight is 438 g/mol. The van der Waals surface area contributed by atoms with Gasteiger partial charge in [0.25, 0.3) is 0 Å². The summed E-state index contributed by atoms with van der Waals surface area (Å²) in [5.74, 6) is -0.360. The molecule has 1 aliphatic heterocycles. The summed E-state index contributed by atoms with van der Waals surface area (Å²) in [4.78, 5) is 8.39. The van der Waals surface area contributed by atoms with E-state index in [-0.39, 0.29) is 6.61 Å². The highest BCUT2D eigenvalue weighted by atomic mass is 19.4. The number of imidazole rings is 1. The second-order valence-electron chi connectivity index (χ2n) is 7.15. The van der Waals surface area contributed by atoms with Gasteiger partial charge in [0.15, 0.2) is 5.79 Å². The molecule has 1 aromatic carbocycles. The number of nitrogens with one attached hydrogen (secondary N) is 2. The van der Waals surface area contributed by atoms with Crippen LogP contribution in [0.2, 0.25) is 0 Å². The largest absolute Gasteiger partial charge is 0.495 e. The van der Waals surface area contributed by atoms with Gasteiger partial charge in [-0.05, 0) is 26.0 Å². The third-order valence-corrected chi connectivity index (χ3v) is 4.83. The minimum absolute atomic E-state index is 0.297. The van der Waals surface area contributed by atoms with Gasteiger partial charge in [-0.25, -0.2) is 4.98 Å². The summed E-state index contributed by atoms with van der Waals surface area (Å²) in [5, 5.41) is 6.16. The number of nitrogens with zero attached hydrogens (tertiary/aromatic N) is 3. The van der Waals surface area contributed by atoms with Crippen molar-refractivity contribution in [1.29, 1.82) is 0 Å². The highest BCUT2D eigenvalue weighted by Crippen LogP contribution is 2.29. The highest BCUT2D eigenvalue weighted by molar-refractivity contribution is 5.99. The predicted octanol–water partition coefficient (Wildman–Crippen LogP) is 2.33. The van der Waals surface area contributed by atoms with E-state index in [1.807, 2.05) is 23.8 Å². The Labute approximate surface area is 178 Å². The van der Waals surface area contributed by atoms with Gasteiger partial charge in [-0.2, -0.15) is 13.2 Å². The van der Waals surface area contributed by atoms with Gasteiger partial charge < -0.3 is 24.7 Å². The monoisotopic (exact) mass is 438 g/mol. The third-order valence-electron chi connectivity index (χ3n) is 4.83. The number of alkyl halides is 3. The quantitative estimate of drug-likeness (QED) is 0.641. The van der Waals surface area contributed by atoms with Crippen molar-refractivity contribution in [1.82, 2.24) is 20.2 Å². The van der Waals surface area contributed by atoms with Crippen LogP contribution in [0.3, 0.4) is 0 Å². The summed E-state index contributed by atoms with van der Waals surface area (Å²) in [6, 6.07) is 5.35. The van der Waals surface area contributed by atoms with E-state index in [1.54, 1.807) is 32.4 Å². The number of rotatable bonds is 6. The number of benzene rings is 1. The lowest BCUT2D eigenvalue weighted by Crippen LogP contribution is -2.65. The van der Waals surface area contributed by atoms with E-state index >= 15 is 0 Å². The molecule has 1 aromatic heterocycles. The van der Waals surface area contributed by atoms with Crippen LogP contribution < -0.4 is 21.1 Å². The average Bonchev–Trinajstić information content (AvgIpc) is 3.15. The number of aromatic nitrogens is 2. The topological polar surface area (TPSA) is 98.7 Å². The number of hydrogen-bond acceptors (Lipinski definition) is 6.